The number of carbonyl (C=O) groups is 2. The van der Waals surface area contributed by atoms with Gasteiger partial charge in [0.15, 0.2) is 0 Å². The summed E-state index contributed by atoms with van der Waals surface area (Å²) in [6.45, 7) is 2.81. The minimum Gasteiger partial charge on any atom is -0.383 e. The number of piperidine rings is 1. The van der Waals surface area contributed by atoms with Gasteiger partial charge in [0.2, 0.25) is 5.91 Å². The van der Waals surface area contributed by atoms with E-state index in [1.807, 2.05) is 23.3 Å². The van der Waals surface area contributed by atoms with Gasteiger partial charge in [-0.05, 0) is 62.3 Å². The molecule has 0 bridgehead atoms. The summed E-state index contributed by atoms with van der Waals surface area (Å²) in [4.78, 5) is 58.1. The number of rotatable bonds is 8. The fraction of sp³-hybridized carbons (Fsp3) is 0.419. The van der Waals surface area contributed by atoms with Crippen LogP contribution in [0.25, 0.3) is 11.1 Å². The van der Waals surface area contributed by atoms with Gasteiger partial charge < -0.3 is 19.9 Å². The number of methoxy groups -OCH3 is 1. The fourth-order valence-electron chi connectivity index (χ4n) is 5.91. The first-order valence-corrected chi connectivity index (χ1v) is 16.0. The van der Waals surface area contributed by atoms with Crippen LogP contribution in [0.3, 0.4) is 0 Å². The van der Waals surface area contributed by atoms with Crippen LogP contribution < -0.4 is 16.6 Å². The van der Waals surface area contributed by atoms with Crippen molar-refractivity contribution in [1.29, 1.82) is 0 Å². The van der Waals surface area contributed by atoms with Gasteiger partial charge in [0.1, 0.15) is 12.4 Å². The first-order valence-electron chi connectivity index (χ1n) is 14.4. The van der Waals surface area contributed by atoms with Crippen molar-refractivity contribution >= 4 is 41.0 Å². The predicted molar refractivity (Wildman–Crippen MR) is 169 cm³/mol. The van der Waals surface area contributed by atoms with E-state index < -0.39 is 23.1 Å². The molecule has 0 unspecified atom stereocenters. The standard InChI is InChI=1S/C31H35ClFN5O5S/c1-19(18-43-2)38-29(40)24(23-5-4-6-25(33)28(23)32)16-36(31(38)42)17-27(39)35-12-10-21(11-13-35)37-14-9-20-15-22(44-3)7-8-26(20)34-30(37)41/h4-8,15-16,19,21H,9-14,17-18H2,1-3H3,(H,34,41)/t19-/m1/s1. The lowest BCUT2D eigenvalue weighted by atomic mass is 10.0. The molecule has 1 aromatic heterocycles. The van der Waals surface area contributed by atoms with E-state index >= 15 is 0 Å². The van der Waals surface area contributed by atoms with E-state index in [1.54, 1.807) is 23.6 Å². The number of benzene rings is 2. The molecule has 3 heterocycles. The number of ether oxygens (including phenoxy) is 1. The molecule has 0 saturated carbocycles. The summed E-state index contributed by atoms with van der Waals surface area (Å²) in [6, 6.07) is 9.32. The average Bonchev–Trinajstić information content (AvgIpc) is 3.17. The largest absolute Gasteiger partial charge is 0.383 e. The molecule has 3 aromatic rings. The van der Waals surface area contributed by atoms with Gasteiger partial charge in [-0.15, -0.1) is 11.8 Å². The van der Waals surface area contributed by atoms with Crippen LogP contribution >= 0.6 is 23.4 Å². The lowest BCUT2D eigenvalue weighted by Crippen LogP contribution is -2.51. The molecule has 5 rings (SSSR count). The Labute approximate surface area is 263 Å². The van der Waals surface area contributed by atoms with Crippen molar-refractivity contribution in [3.05, 3.63) is 79.8 Å². The number of amides is 3. The molecule has 1 N–H and O–H groups in total. The number of urea groups is 1. The van der Waals surface area contributed by atoms with Gasteiger partial charge >= 0.3 is 11.7 Å². The minimum absolute atomic E-state index is 0.00128. The summed E-state index contributed by atoms with van der Waals surface area (Å²) in [5.74, 6) is -1.01. The Morgan fingerprint density at radius 3 is 2.59 bits per heavy atom. The normalized spacial score (nSPS) is 16.3. The highest BCUT2D eigenvalue weighted by molar-refractivity contribution is 7.98. The first kappa shape index (κ1) is 31.8. The quantitative estimate of drug-likeness (QED) is 0.363. The highest BCUT2D eigenvalue weighted by atomic mass is 35.5. The van der Waals surface area contributed by atoms with Crippen molar-refractivity contribution in [3.63, 3.8) is 0 Å². The van der Waals surface area contributed by atoms with E-state index in [0.29, 0.717) is 32.5 Å². The molecule has 1 saturated heterocycles. The number of thioether (sulfide) groups is 1. The van der Waals surface area contributed by atoms with Gasteiger partial charge in [-0.2, -0.15) is 0 Å². The summed E-state index contributed by atoms with van der Waals surface area (Å²) in [5.41, 5.74) is 0.726. The van der Waals surface area contributed by atoms with E-state index in [0.717, 1.165) is 27.1 Å². The van der Waals surface area contributed by atoms with Gasteiger partial charge in [0.25, 0.3) is 5.56 Å². The van der Waals surface area contributed by atoms with Gasteiger partial charge in [-0.3, -0.25) is 18.7 Å². The Morgan fingerprint density at radius 1 is 1.14 bits per heavy atom. The molecule has 0 aliphatic carbocycles. The fourth-order valence-corrected chi connectivity index (χ4v) is 6.60. The van der Waals surface area contributed by atoms with Gasteiger partial charge in [0.05, 0.1) is 23.2 Å². The van der Waals surface area contributed by atoms with Crippen molar-refractivity contribution in [1.82, 2.24) is 18.9 Å². The van der Waals surface area contributed by atoms with Crippen molar-refractivity contribution in [2.24, 2.45) is 0 Å². The summed E-state index contributed by atoms with van der Waals surface area (Å²) < 4.78 is 21.7. The van der Waals surface area contributed by atoms with Crippen LogP contribution in [0.2, 0.25) is 5.02 Å². The lowest BCUT2D eigenvalue weighted by molar-refractivity contribution is -0.133. The summed E-state index contributed by atoms with van der Waals surface area (Å²) in [7, 11) is 1.45. The molecule has 3 amide bonds. The summed E-state index contributed by atoms with van der Waals surface area (Å²) in [6.07, 6.45) is 5.21. The number of nitrogens with zero attached hydrogens (tertiary/aromatic N) is 4. The zero-order valence-electron chi connectivity index (χ0n) is 24.8. The molecule has 234 valence electrons. The van der Waals surface area contributed by atoms with Crippen molar-refractivity contribution in [2.75, 3.05) is 44.9 Å². The number of carbonyl (C=O) groups excluding carboxylic acids is 2. The van der Waals surface area contributed by atoms with Crippen LogP contribution in [0.5, 0.6) is 0 Å². The van der Waals surface area contributed by atoms with Gasteiger partial charge in [-0.25, -0.2) is 14.0 Å². The number of hydrogen-bond donors (Lipinski definition) is 1. The number of aromatic nitrogens is 2. The topological polar surface area (TPSA) is 106 Å². The monoisotopic (exact) mass is 643 g/mol. The van der Waals surface area contributed by atoms with E-state index in [2.05, 4.69) is 11.4 Å². The molecule has 2 aliphatic rings. The molecule has 1 atom stereocenters. The van der Waals surface area contributed by atoms with E-state index in [1.165, 1.54) is 36.1 Å². The molecular formula is C31H35ClFN5O5S. The molecule has 10 nitrogen and oxygen atoms in total. The Balaban J connectivity index is 1.32. The van der Waals surface area contributed by atoms with Crippen molar-refractivity contribution in [2.45, 2.75) is 49.7 Å². The van der Waals surface area contributed by atoms with Crippen molar-refractivity contribution in [3.8, 4) is 11.1 Å². The number of nitrogens with one attached hydrogen (secondary N) is 1. The molecule has 2 aliphatic heterocycles. The van der Waals surface area contributed by atoms with E-state index in [4.69, 9.17) is 16.3 Å². The molecule has 44 heavy (non-hydrogen) atoms. The maximum Gasteiger partial charge on any atom is 0.331 e. The smallest absolute Gasteiger partial charge is 0.331 e. The Hall–Kier alpha value is -3.61. The number of fused-ring (bicyclic) bond motifs is 1. The van der Waals surface area contributed by atoms with Crippen LogP contribution in [0, 0.1) is 5.82 Å². The second-order valence-electron chi connectivity index (χ2n) is 11.0. The van der Waals surface area contributed by atoms with E-state index in [9.17, 15) is 23.6 Å². The second kappa shape index (κ2) is 13.6. The zero-order valence-corrected chi connectivity index (χ0v) is 26.4. The highest BCUT2D eigenvalue weighted by Gasteiger charge is 2.32. The average molecular weight is 644 g/mol. The molecular weight excluding hydrogens is 609 g/mol. The van der Waals surface area contributed by atoms with Crippen molar-refractivity contribution < 1.29 is 18.7 Å². The lowest BCUT2D eigenvalue weighted by Gasteiger charge is -2.38. The van der Waals surface area contributed by atoms with E-state index in [-0.39, 0.29) is 47.3 Å². The van der Waals surface area contributed by atoms with Crippen LogP contribution in [0.1, 0.15) is 31.4 Å². The maximum atomic E-state index is 14.3. The number of anilines is 1. The summed E-state index contributed by atoms with van der Waals surface area (Å²) in [5, 5.41) is 2.79. The molecule has 2 aromatic carbocycles. The van der Waals surface area contributed by atoms with Crippen LogP contribution in [-0.2, 0) is 22.5 Å². The third kappa shape index (κ3) is 6.43. The zero-order chi connectivity index (χ0) is 31.5. The summed E-state index contributed by atoms with van der Waals surface area (Å²) >= 11 is 7.87. The molecule has 1 fully saturated rings. The maximum absolute atomic E-state index is 14.3. The number of likely N-dealkylation sites (tertiary alicyclic amines) is 1. The molecule has 0 spiro atoms. The SMILES string of the molecule is COC[C@@H](C)n1c(=O)c(-c2cccc(F)c2Cl)cn(CC(=O)N2CCC(N3CCc4cc(SC)ccc4NC3=O)CC2)c1=O. The van der Waals surface area contributed by atoms with Crippen LogP contribution in [-0.4, -0.2) is 76.5 Å². The van der Waals surface area contributed by atoms with Gasteiger partial charge in [0, 0.05) is 55.1 Å². The Kier molecular flexibility index (Phi) is 9.81. The highest BCUT2D eigenvalue weighted by Crippen LogP contribution is 2.29. The van der Waals surface area contributed by atoms with Gasteiger partial charge in [-0.1, -0.05) is 23.7 Å². The molecule has 0 radical (unpaired) electrons. The molecule has 13 heteroatoms. The Bertz CT molecular complexity index is 1690. The predicted octanol–water partition coefficient (Wildman–Crippen LogP) is 4.48. The number of halogens is 2. The van der Waals surface area contributed by atoms with Crippen LogP contribution in [0.15, 0.2) is 57.1 Å². The third-order valence-corrected chi connectivity index (χ3v) is 9.39. The second-order valence-corrected chi connectivity index (χ2v) is 12.3. The third-order valence-electron chi connectivity index (χ3n) is 8.28. The number of hydrogen-bond acceptors (Lipinski definition) is 6. The van der Waals surface area contributed by atoms with Crippen LogP contribution in [0.4, 0.5) is 14.9 Å². The first-order chi connectivity index (χ1) is 21.1. The minimum atomic E-state index is -0.705. The Morgan fingerprint density at radius 2 is 1.89 bits per heavy atom.